The normalized spacial score (nSPS) is 21.1. The van der Waals surface area contributed by atoms with Crippen LogP contribution in [0.15, 0.2) is 42.5 Å². The van der Waals surface area contributed by atoms with Crippen LogP contribution in [0.25, 0.3) is 0 Å². The molecule has 0 radical (unpaired) electrons. The number of nitrogens with one attached hydrogen (secondary N) is 2. The zero-order chi connectivity index (χ0) is 23.8. The molecule has 8 heteroatoms. The van der Waals surface area contributed by atoms with E-state index in [1.807, 2.05) is 6.07 Å². The summed E-state index contributed by atoms with van der Waals surface area (Å²) in [6.45, 7) is 3.22. The van der Waals surface area contributed by atoms with Crippen molar-refractivity contribution in [3.8, 4) is 0 Å². The third-order valence-corrected chi connectivity index (χ3v) is 6.93. The average Bonchev–Trinajstić information content (AvgIpc) is 3.15. The Labute approximate surface area is 204 Å². The van der Waals surface area contributed by atoms with Gasteiger partial charge in [0.15, 0.2) is 0 Å². The number of halogens is 3. The summed E-state index contributed by atoms with van der Waals surface area (Å²) in [6.07, 6.45) is 5.14. The van der Waals surface area contributed by atoms with Gasteiger partial charge in [0.05, 0.1) is 17.5 Å². The number of rotatable bonds is 5. The molecule has 33 heavy (non-hydrogen) atoms. The molecule has 2 aromatic carbocycles. The molecule has 1 saturated carbocycles. The van der Waals surface area contributed by atoms with Crippen LogP contribution in [-0.4, -0.2) is 31.1 Å². The second-order valence-electron chi connectivity index (χ2n) is 8.38. The van der Waals surface area contributed by atoms with Crippen LogP contribution in [0.5, 0.6) is 0 Å². The average molecular weight is 495 g/mol. The lowest BCUT2D eigenvalue weighted by molar-refractivity contribution is -0.128. The van der Waals surface area contributed by atoms with Gasteiger partial charge in [0, 0.05) is 28.7 Å². The van der Waals surface area contributed by atoms with Gasteiger partial charge in [-0.05, 0) is 49.6 Å². The van der Waals surface area contributed by atoms with E-state index in [2.05, 4.69) is 15.4 Å². The van der Waals surface area contributed by atoms with E-state index in [1.54, 1.807) is 43.3 Å². The summed E-state index contributed by atoms with van der Waals surface area (Å²) in [5.41, 5.74) is 0.856. The zero-order valence-electron chi connectivity index (χ0n) is 18.6. The van der Waals surface area contributed by atoms with Crippen molar-refractivity contribution in [1.82, 2.24) is 5.32 Å². The molecule has 1 aliphatic heterocycles. The number of amides is 1. The van der Waals surface area contributed by atoms with Gasteiger partial charge < -0.3 is 15.4 Å². The summed E-state index contributed by atoms with van der Waals surface area (Å²) in [5, 5.41) is 7.27. The van der Waals surface area contributed by atoms with Gasteiger partial charge in [0.25, 0.3) is 6.47 Å². The van der Waals surface area contributed by atoms with Crippen LogP contribution in [0, 0.1) is 11.7 Å². The van der Waals surface area contributed by atoms with E-state index in [-0.39, 0.29) is 28.3 Å². The Bertz CT molecular complexity index is 966. The monoisotopic (exact) mass is 494 g/mol. The van der Waals surface area contributed by atoms with Gasteiger partial charge in [-0.2, -0.15) is 0 Å². The van der Waals surface area contributed by atoms with E-state index in [9.17, 15) is 14.0 Å². The lowest BCUT2D eigenvalue weighted by Crippen LogP contribution is -2.50. The second kappa shape index (κ2) is 11.8. The zero-order valence-corrected chi connectivity index (χ0v) is 20.1. The minimum absolute atomic E-state index is 0.0936. The molecule has 4 rings (SSSR count). The van der Waals surface area contributed by atoms with Crippen LogP contribution in [0.2, 0.25) is 10.0 Å². The molecular weight excluding hydrogens is 466 g/mol. The maximum atomic E-state index is 14.8. The lowest BCUT2D eigenvalue weighted by atomic mass is 9.69. The molecule has 2 aromatic rings. The Hall–Kier alpha value is -2.15. The van der Waals surface area contributed by atoms with E-state index in [1.165, 1.54) is 6.42 Å². The summed E-state index contributed by atoms with van der Waals surface area (Å²) in [7, 11) is 0. The van der Waals surface area contributed by atoms with Gasteiger partial charge in [-0.15, -0.1) is 0 Å². The van der Waals surface area contributed by atoms with Crippen molar-refractivity contribution in [1.29, 1.82) is 0 Å². The van der Waals surface area contributed by atoms with Crippen molar-refractivity contribution >= 4 is 41.3 Å². The number of anilines is 1. The molecule has 1 spiro atoms. The topological polar surface area (TPSA) is 67.4 Å². The third-order valence-electron chi connectivity index (χ3n) is 6.41. The van der Waals surface area contributed by atoms with Gasteiger partial charge in [-0.25, -0.2) is 4.39 Å². The van der Waals surface area contributed by atoms with E-state index < -0.39 is 5.82 Å². The molecule has 0 aromatic heterocycles. The molecule has 2 atom stereocenters. The Kier molecular flexibility index (Phi) is 9.12. The predicted octanol–water partition coefficient (Wildman–Crippen LogP) is 5.96. The van der Waals surface area contributed by atoms with Crippen LogP contribution in [-0.2, 0) is 14.3 Å². The van der Waals surface area contributed by atoms with Crippen molar-refractivity contribution in [2.45, 2.75) is 50.5 Å². The first kappa shape index (κ1) is 25.5. The van der Waals surface area contributed by atoms with Crippen molar-refractivity contribution in [2.75, 3.05) is 18.5 Å². The number of carbonyl (C=O) groups is 2. The first-order valence-corrected chi connectivity index (χ1v) is 12.0. The van der Waals surface area contributed by atoms with Crippen LogP contribution >= 0.6 is 23.2 Å². The largest absolute Gasteiger partial charge is 0.468 e. The minimum atomic E-state index is -0.426. The Morgan fingerprint density at radius 1 is 1.21 bits per heavy atom. The lowest BCUT2D eigenvalue weighted by Gasteiger charge is -2.39. The maximum Gasteiger partial charge on any atom is 0.293 e. The van der Waals surface area contributed by atoms with Crippen LogP contribution in [0.4, 0.5) is 10.1 Å². The highest BCUT2D eigenvalue weighted by Crippen LogP contribution is 2.47. The van der Waals surface area contributed by atoms with Crippen molar-refractivity contribution in [3.63, 3.8) is 0 Å². The van der Waals surface area contributed by atoms with Gasteiger partial charge >= 0.3 is 0 Å². The van der Waals surface area contributed by atoms with E-state index >= 15 is 0 Å². The summed E-state index contributed by atoms with van der Waals surface area (Å²) in [6, 6.07) is 12.1. The standard InChI is InChI=1S/C22H23Cl2FN2O.C3H6O2/c23-14-6-4-7-15(12-14)27-21(28)19-17(16-8-5-9-18(24)20(16)25)13-26-22(19)10-2-1-3-11-22;1-2-5-3-4/h4-9,12,17,19,26H,1-3,10-11,13H2,(H,27,28);3H,2H2,1H3. The number of carbonyl (C=O) groups excluding carboxylic acids is 2. The molecule has 2 N–H and O–H groups in total. The molecule has 2 fully saturated rings. The van der Waals surface area contributed by atoms with Crippen LogP contribution < -0.4 is 10.6 Å². The third kappa shape index (κ3) is 6.05. The summed E-state index contributed by atoms with van der Waals surface area (Å²) < 4.78 is 19.0. The Balaban J connectivity index is 0.000000555. The number of hydrogen-bond acceptors (Lipinski definition) is 4. The highest BCUT2D eigenvalue weighted by Gasteiger charge is 2.53. The molecule has 2 unspecified atom stereocenters. The van der Waals surface area contributed by atoms with E-state index in [0.29, 0.717) is 35.9 Å². The highest BCUT2D eigenvalue weighted by molar-refractivity contribution is 6.31. The summed E-state index contributed by atoms with van der Waals surface area (Å²) in [4.78, 5) is 22.6. The first-order valence-electron chi connectivity index (χ1n) is 11.2. The van der Waals surface area contributed by atoms with Crippen molar-refractivity contribution in [2.24, 2.45) is 5.92 Å². The smallest absolute Gasteiger partial charge is 0.293 e. The van der Waals surface area contributed by atoms with E-state index in [0.717, 1.165) is 25.7 Å². The van der Waals surface area contributed by atoms with Gasteiger partial charge in [0.1, 0.15) is 5.82 Å². The fourth-order valence-corrected chi connectivity index (χ4v) is 5.35. The summed E-state index contributed by atoms with van der Waals surface area (Å²) >= 11 is 12.1. The van der Waals surface area contributed by atoms with Gasteiger partial charge in [-0.3, -0.25) is 9.59 Å². The van der Waals surface area contributed by atoms with E-state index in [4.69, 9.17) is 23.2 Å². The Morgan fingerprint density at radius 2 is 1.94 bits per heavy atom. The molecule has 1 saturated heterocycles. The molecule has 5 nitrogen and oxygen atoms in total. The minimum Gasteiger partial charge on any atom is -0.468 e. The number of ether oxygens (including phenoxy) is 1. The molecule has 1 aliphatic carbocycles. The SMILES string of the molecule is CCOC=O.O=C(Nc1cccc(Cl)c1)C1C(c2cccc(Cl)c2F)CNC12CCCCC2. The molecule has 1 heterocycles. The molecular formula is C25H29Cl2FN2O3. The second-order valence-corrected chi connectivity index (χ2v) is 9.22. The highest BCUT2D eigenvalue weighted by atomic mass is 35.5. The number of hydrogen-bond donors (Lipinski definition) is 2. The maximum absolute atomic E-state index is 14.8. The molecule has 178 valence electrons. The summed E-state index contributed by atoms with van der Waals surface area (Å²) in [5.74, 6) is -1.17. The molecule has 2 aliphatic rings. The number of benzene rings is 2. The molecule has 1 amide bonds. The molecule has 0 bridgehead atoms. The Morgan fingerprint density at radius 3 is 2.58 bits per heavy atom. The first-order chi connectivity index (χ1) is 15.9. The van der Waals surface area contributed by atoms with Crippen molar-refractivity contribution < 1.29 is 18.7 Å². The predicted molar refractivity (Wildman–Crippen MR) is 129 cm³/mol. The fraction of sp³-hybridized carbons (Fsp3) is 0.440. The van der Waals surface area contributed by atoms with Crippen LogP contribution in [0.3, 0.4) is 0 Å². The van der Waals surface area contributed by atoms with Crippen molar-refractivity contribution in [3.05, 3.63) is 63.9 Å². The van der Waals surface area contributed by atoms with Crippen LogP contribution in [0.1, 0.15) is 50.5 Å². The fourth-order valence-electron chi connectivity index (χ4n) is 4.98. The van der Waals surface area contributed by atoms with Gasteiger partial charge in [-0.1, -0.05) is 60.7 Å². The quantitative estimate of drug-likeness (QED) is 0.503. The van der Waals surface area contributed by atoms with Gasteiger partial charge in [0.2, 0.25) is 5.91 Å².